The molecule has 1 amide bonds. The minimum absolute atomic E-state index is 0.00571. The predicted molar refractivity (Wildman–Crippen MR) is 98.3 cm³/mol. The lowest BCUT2D eigenvalue weighted by Gasteiger charge is -2.31. The Kier molecular flexibility index (Phi) is 4.95. The summed E-state index contributed by atoms with van der Waals surface area (Å²) in [6, 6.07) is 10.2. The van der Waals surface area contributed by atoms with E-state index in [0.29, 0.717) is 6.54 Å². The van der Waals surface area contributed by atoms with Crippen molar-refractivity contribution in [1.29, 1.82) is 0 Å². The summed E-state index contributed by atoms with van der Waals surface area (Å²) in [6.45, 7) is 2.20. The van der Waals surface area contributed by atoms with Crippen molar-refractivity contribution >= 4 is 27.5 Å². The van der Waals surface area contributed by atoms with Gasteiger partial charge in [-0.3, -0.25) is 14.4 Å². The fraction of sp³-hybridized carbons (Fsp3) is 0.211. The molecule has 1 atom stereocenters. The van der Waals surface area contributed by atoms with E-state index in [9.17, 15) is 22.8 Å². The number of hydrogen-bond donors (Lipinski definition) is 1. The lowest BCUT2D eigenvalue weighted by molar-refractivity contribution is 0.0784. The van der Waals surface area contributed by atoms with E-state index in [4.69, 9.17) is 0 Å². The Morgan fingerprint density at radius 2 is 1.74 bits per heavy atom. The third kappa shape index (κ3) is 3.17. The number of ketones is 2. The number of fused-ring (bicyclic) bond motifs is 1. The van der Waals surface area contributed by atoms with Crippen LogP contribution in [0.2, 0.25) is 0 Å². The number of sulfonamides is 1. The molecule has 1 heterocycles. The predicted octanol–water partition coefficient (Wildman–Crippen LogP) is 1.50. The van der Waals surface area contributed by atoms with Gasteiger partial charge in [0.15, 0.2) is 17.6 Å². The molecular formula is C19H18N2O5S. The summed E-state index contributed by atoms with van der Waals surface area (Å²) < 4.78 is 26.2. The Morgan fingerprint density at radius 3 is 2.44 bits per heavy atom. The molecule has 1 aliphatic rings. The summed E-state index contributed by atoms with van der Waals surface area (Å²) in [4.78, 5) is 37.7. The monoisotopic (exact) mass is 386 g/mol. The van der Waals surface area contributed by atoms with Gasteiger partial charge in [-0.05, 0) is 31.2 Å². The standard InChI is InChI=1S/C19H18N2O5S/c1-3-20-19(24)13-8-6-7-12(11-13)17(22)16-18(23)14-9-4-5-10-15(14)27(25,26)21(16)2/h4-11,16H,3H2,1-2H3,(H,20,24). The van der Waals surface area contributed by atoms with Crippen LogP contribution in [0, 0.1) is 0 Å². The smallest absolute Gasteiger partial charge is 0.251 e. The molecule has 0 saturated carbocycles. The molecule has 0 aromatic heterocycles. The molecule has 0 radical (unpaired) electrons. The quantitative estimate of drug-likeness (QED) is 0.634. The molecule has 0 aliphatic carbocycles. The number of rotatable bonds is 4. The van der Waals surface area contributed by atoms with E-state index >= 15 is 0 Å². The molecule has 0 bridgehead atoms. The number of carbonyl (C=O) groups excluding carboxylic acids is 3. The van der Waals surface area contributed by atoms with Crippen molar-refractivity contribution in [3.63, 3.8) is 0 Å². The van der Waals surface area contributed by atoms with Crippen LogP contribution >= 0.6 is 0 Å². The Bertz CT molecular complexity index is 1050. The third-order valence-electron chi connectivity index (χ3n) is 4.42. The zero-order valence-electron chi connectivity index (χ0n) is 14.8. The van der Waals surface area contributed by atoms with Crippen molar-refractivity contribution in [2.24, 2.45) is 0 Å². The maximum Gasteiger partial charge on any atom is 0.251 e. The van der Waals surface area contributed by atoms with Gasteiger partial charge in [-0.15, -0.1) is 0 Å². The number of likely N-dealkylation sites (N-methyl/N-ethyl adjacent to an activating group) is 1. The molecule has 0 saturated heterocycles. The van der Waals surface area contributed by atoms with Gasteiger partial charge in [0.2, 0.25) is 10.0 Å². The van der Waals surface area contributed by atoms with Crippen molar-refractivity contribution in [2.75, 3.05) is 13.6 Å². The van der Waals surface area contributed by atoms with Crippen LogP contribution in [-0.4, -0.2) is 49.8 Å². The summed E-state index contributed by atoms with van der Waals surface area (Å²) in [5.74, 6) is -1.61. The largest absolute Gasteiger partial charge is 0.352 e. The van der Waals surface area contributed by atoms with Crippen LogP contribution in [0.15, 0.2) is 53.4 Å². The number of carbonyl (C=O) groups is 3. The number of benzene rings is 2. The molecule has 1 aliphatic heterocycles. The third-order valence-corrected chi connectivity index (χ3v) is 6.30. The van der Waals surface area contributed by atoms with Gasteiger partial charge in [-0.1, -0.05) is 24.3 Å². The van der Waals surface area contributed by atoms with Crippen molar-refractivity contribution in [2.45, 2.75) is 17.9 Å². The highest BCUT2D eigenvalue weighted by atomic mass is 32.2. The lowest BCUT2D eigenvalue weighted by atomic mass is 9.95. The summed E-state index contributed by atoms with van der Waals surface area (Å²) in [5, 5.41) is 2.63. The normalized spacial score (nSPS) is 18.6. The molecule has 3 rings (SSSR count). The number of nitrogens with one attached hydrogen (secondary N) is 1. The number of nitrogens with zero attached hydrogens (tertiary/aromatic N) is 1. The van der Waals surface area contributed by atoms with Gasteiger partial charge in [0, 0.05) is 30.3 Å². The topological polar surface area (TPSA) is 101 Å². The van der Waals surface area contributed by atoms with Gasteiger partial charge in [0.25, 0.3) is 5.91 Å². The second-order valence-electron chi connectivity index (χ2n) is 6.09. The fourth-order valence-electron chi connectivity index (χ4n) is 3.02. The Labute approximate surface area is 157 Å². The molecular weight excluding hydrogens is 368 g/mol. The summed E-state index contributed by atoms with van der Waals surface area (Å²) >= 11 is 0. The van der Waals surface area contributed by atoms with Crippen LogP contribution < -0.4 is 5.32 Å². The maximum absolute atomic E-state index is 13.0. The molecule has 140 valence electrons. The number of amides is 1. The molecule has 2 aromatic rings. The van der Waals surface area contributed by atoms with Gasteiger partial charge in [-0.2, -0.15) is 4.31 Å². The minimum Gasteiger partial charge on any atom is -0.352 e. The molecule has 8 heteroatoms. The van der Waals surface area contributed by atoms with Crippen LogP contribution in [-0.2, 0) is 10.0 Å². The second kappa shape index (κ2) is 7.05. The SMILES string of the molecule is CCNC(=O)c1cccc(C(=O)C2C(=O)c3ccccc3S(=O)(=O)N2C)c1. The average molecular weight is 386 g/mol. The zero-order chi connectivity index (χ0) is 19.8. The van der Waals surface area contributed by atoms with E-state index in [1.54, 1.807) is 19.1 Å². The van der Waals surface area contributed by atoms with Gasteiger partial charge < -0.3 is 5.32 Å². The zero-order valence-corrected chi connectivity index (χ0v) is 15.6. The van der Waals surface area contributed by atoms with E-state index in [2.05, 4.69) is 5.32 Å². The lowest BCUT2D eigenvalue weighted by Crippen LogP contribution is -2.51. The summed E-state index contributed by atoms with van der Waals surface area (Å²) in [7, 11) is -2.77. The first-order valence-electron chi connectivity index (χ1n) is 8.32. The van der Waals surface area contributed by atoms with E-state index in [1.807, 2.05) is 0 Å². The minimum atomic E-state index is -3.98. The first-order chi connectivity index (χ1) is 12.8. The van der Waals surface area contributed by atoms with E-state index in [1.165, 1.54) is 43.4 Å². The van der Waals surface area contributed by atoms with E-state index < -0.39 is 27.6 Å². The Morgan fingerprint density at radius 1 is 1.07 bits per heavy atom. The molecule has 1 unspecified atom stereocenters. The van der Waals surface area contributed by atoms with Crippen molar-refractivity contribution in [1.82, 2.24) is 9.62 Å². The first-order valence-corrected chi connectivity index (χ1v) is 9.76. The van der Waals surface area contributed by atoms with Crippen molar-refractivity contribution in [3.8, 4) is 0 Å². The van der Waals surface area contributed by atoms with Crippen LogP contribution in [0.1, 0.15) is 38.0 Å². The van der Waals surface area contributed by atoms with Crippen LogP contribution in [0.5, 0.6) is 0 Å². The Hall–Kier alpha value is -2.84. The summed E-state index contributed by atoms with van der Waals surface area (Å²) in [6.07, 6.45) is 0. The highest BCUT2D eigenvalue weighted by Gasteiger charge is 2.45. The first kappa shape index (κ1) is 18.9. The van der Waals surface area contributed by atoms with Gasteiger partial charge in [0.1, 0.15) is 0 Å². The Balaban J connectivity index is 2.04. The second-order valence-corrected chi connectivity index (χ2v) is 8.05. The summed E-state index contributed by atoms with van der Waals surface area (Å²) in [5.41, 5.74) is 0.351. The molecule has 27 heavy (non-hydrogen) atoms. The van der Waals surface area contributed by atoms with E-state index in [0.717, 1.165) is 4.31 Å². The number of Topliss-reactive ketones (excluding diaryl/α,β-unsaturated/α-hetero) is 2. The van der Waals surface area contributed by atoms with Gasteiger partial charge in [-0.25, -0.2) is 8.42 Å². The van der Waals surface area contributed by atoms with Gasteiger partial charge in [0.05, 0.1) is 4.90 Å². The van der Waals surface area contributed by atoms with Crippen molar-refractivity contribution in [3.05, 3.63) is 65.2 Å². The number of hydrogen-bond acceptors (Lipinski definition) is 5. The molecule has 0 fully saturated rings. The molecule has 0 spiro atoms. The highest BCUT2D eigenvalue weighted by molar-refractivity contribution is 7.89. The molecule has 2 aromatic carbocycles. The van der Waals surface area contributed by atoms with E-state index in [-0.39, 0.29) is 27.5 Å². The maximum atomic E-state index is 13.0. The average Bonchev–Trinajstić information content (AvgIpc) is 2.67. The van der Waals surface area contributed by atoms with Crippen LogP contribution in [0.3, 0.4) is 0 Å². The van der Waals surface area contributed by atoms with Gasteiger partial charge >= 0.3 is 0 Å². The fourth-order valence-corrected chi connectivity index (χ4v) is 4.50. The van der Waals surface area contributed by atoms with Crippen LogP contribution in [0.25, 0.3) is 0 Å². The molecule has 1 N–H and O–H groups in total. The molecule has 7 nitrogen and oxygen atoms in total. The highest BCUT2D eigenvalue weighted by Crippen LogP contribution is 2.30. The van der Waals surface area contributed by atoms with Crippen molar-refractivity contribution < 1.29 is 22.8 Å². The van der Waals surface area contributed by atoms with Crippen LogP contribution in [0.4, 0.5) is 0 Å².